The van der Waals surface area contributed by atoms with Gasteiger partial charge in [-0.25, -0.2) is 4.79 Å². The van der Waals surface area contributed by atoms with Crippen LogP contribution in [-0.4, -0.2) is 41.1 Å². The summed E-state index contributed by atoms with van der Waals surface area (Å²) in [6.07, 6.45) is 2.07. The van der Waals surface area contributed by atoms with Crippen LogP contribution in [0.1, 0.15) is 26.7 Å². The Bertz CT molecular complexity index is 249. The molecule has 0 radical (unpaired) electrons. The van der Waals surface area contributed by atoms with Gasteiger partial charge in [0.05, 0.1) is 0 Å². The molecule has 1 aliphatic rings. The zero-order chi connectivity index (χ0) is 11.4. The Morgan fingerprint density at radius 1 is 1.47 bits per heavy atom. The number of amides is 2. The van der Waals surface area contributed by atoms with Crippen LogP contribution in [-0.2, 0) is 4.79 Å². The Morgan fingerprint density at radius 2 is 2.07 bits per heavy atom. The van der Waals surface area contributed by atoms with E-state index in [1.54, 1.807) is 4.90 Å². The predicted octanol–water partition coefficient (Wildman–Crippen LogP) is 0.901. The van der Waals surface area contributed by atoms with E-state index in [2.05, 4.69) is 5.32 Å². The molecule has 1 aliphatic carbocycles. The Morgan fingerprint density at radius 3 is 2.47 bits per heavy atom. The number of carboxylic acids is 1. The van der Waals surface area contributed by atoms with Crippen LogP contribution < -0.4 is 5.32 Å². The lowest BCUT2D eigenvalue weighted by Crippen LogP contribution is -2.44. The van der Waals surface area contributed by atoms with Gasteiger partial charge >= 0.3 is 12.0 Å². The first-order valence-corrected chi connectivity index (χ1v) is 5.27. The molecule has 15 heavy (non-hydrogen) atoms. The highest BCUT2D eigenvalue weighted by Crippen LogP contribution is 2.27. The van der Waals surface area contributed by atoms with E-state index in [4.69, 9.17) is 5.11 Å². The zero-order valence-electron chi connectivity index (χ0n) is 9.19. The van der Waals surface area contributed by atoms with Gasteiger partial charge < -0.3 is 15.3 Å². The van der Waals surface area contributed by atoms with Crippen molar-refractivity contribution in [3.8, 4) is 0 Å². The summed E-state index contributed by atoms with van der Waals surface area (Å²) in [5.41, 5.74) is 0. The van der Waals surface area contributed by atoms with Gasteiger partial charge in [-0.05, 0) is 18.8 Å². The van der Waals surface area contributed by atoms with E-state index in [1.165, 1.54) is 0 Å². The maximum atomic E-state index is 11.6. The minimum absolute atomic E-state index is 0.256. The second kappa shape index (κ2) is 5.00. The van der Waals surface area contributed by atoms with Gasteiger partial charge in [-0.3, -0.25) is 4.79 Å². The van der Waals surface area contributed by atoms with Crippen molar-refractivity contribution in [2.45, 2.75) is 32.7 Å². The van der Waals surface area contributed by atoms with Gasteiger partial charge in [0.25, 0.3) is 0 Å². The highest BCUT2D eigenvalue weighted by atomic mass is 16.4. The van der Waals surface area contributed by atoms with Crippen molar-refractivity contribution < 1.29 is 14.7 Å². The first kappa shape index (κ1) is 11.8. The molecule has 5 nitrogen and oxygen atoms in total. The number of rotatable bonds is 5. The van der Waals surface area contributed by atoms with Gasteiger partial charge in [-0.1, -0.05) is 13.8 Å². The average molecular weight is 214 g/mol. The Balaban J connectivity index is 2.40. The number of carbonyl (C=O) groups is 2. The molecule has 1 saturated carbocycles. The molecule has 86 valence electrons. The Kier molecular flexibility index (Phi) is 3.94. The van der Waals surface area contributed by atoms with E-state index >= 15 is 0 Å². The topological polar surface area (TPSA) is 69.6 Å². The summed E-state index contributed by atoms with van der Waals surface area (Å²) in [6, 6.07) is 0.0646. The number of hydrogen-bond donors (Lipinski definition) is 2. The van der Waals surface area contributed by atoms with Gasteiger partial charge in [0.2, 0.25) is 0 Å². The molecule has 0 aromatic heterocycles. The van der Waals surface area contributed by atoms with E-state index in [0.29, 0.717) is 18.5 Å². The summed E-state index contributed by atoms with van der Waals surface area (Å²) in [6.45, 7) is 4.47. The van der Waals surface area contributed by atoms with Gasteiger partial charge in [-0.2, -0.15) is 0 Å². The first-order valence-electron chi connectivity index (χ1n) is 5.27. The molecular weight excluding hydrogens is 196 g/mol. The van der Waals surface area contributed by atoms with Crippen molar-refractivity contribution in [3.63, 3.8) is 0 Å². The minimum Gasteiger partial charge on any atom is -0.480 e. The SMILES string of the molecule is CC(C)CN(C(=O)NCC(=O)O)C1CC1. The lowest BCUT2D eigenvalue weighted by atomic mass is 10.2. The zero-order valence-corrected chi connectivity index (χ0v) is 9.19. The molecule has 2 N–H and O–H groups in total. The number of carboxylic acid groups (broad SMARTS) is 1. The molecule has 0 spiro atoms. The molecule has 2 amide bonds. The van der Waals surface area contributed by atoms with Crippen LogP contribution in [0.2, 0.25) is 0 Å². The van der Waals surface area contributed by atoms with Crippen LogP contribution >= 0.6 is 0 Å². The van der Waals surface area contributed by atoms with E-state index < -0.39 is 5.97 Å². The summed E-state index contributed by atoms with van der Waals surface area (Å²) in [4.78, 5) is 23.7. The molecule has 1 fully saturated rings. The quantitative estimate of drug-likeness (QED) is 0.714. The molecule has 0 aromatic rings. The number of carbonyl (C=O) groups excluding carboxylic acids is 1. The highest BCUT2D eigenvalue weighted by molar-refractivity contribution is 5.80. The van der Waals surface area contributed by atoms with Crippen molar-refractivity contribution >= 4 is 12.0 Å². The van der Waals surface area contributed by atoms with Crippen LogP contribution in [0, 0.1) is 5.92 Å². The van der Waals surface area contributed by atoms with Gasteiger partial charge in [0.1, 0.15) is 6.54 Å². The fraction of sp³-hybridized carbons (Fsp3) is 0.800. The highest BCUT2D eigenvalue weighted by Gasteiger charge is 2.32. The summed E-state index contributed by atoms with van der Waals surface area (Å²) in [5, 5.41) is 10.8. The van der Waals surface area contributed by atoms with Crippen molar-refractivity contribution in [2.24, 2.45) is 5.92 Å². The third kappa shape index (κ3) is 4.18. The molecule has 0 heterocycles. The molecule has 0 saturated heterocycles. The first-order chi connectivity index (χ1) is 7.00. The summed E-state index contributed by atoms with van der Waals surface area (Å²) in [7, 11) is 0. The fourth-order valence-corrected chi connectivity index (χ4v) is 1.43. The van der Waals surface area contributed by atoms with Crippen molar-refractivity contribution in [1.29, 1.82) is 0 Å². The smallest absolute Gasteiger partial charge is 0.323 e. The normalized spacial score (nSPS) is 15.1. The van der Waals surface area contributed by atoms with Crippen LogP contribution in [0.15, 0.2) is 0 Å². The van der Waals surface area contributed by atoms with E-state index in [9.17, 15) is 9.59 Å². The molecule has 0 unspecified atom stereocenters. The minimum atomic E-state index is -1.01. The number of nitrogens with zero attached hydrogens (tertiary/aromatic N) is 1. The molecule has 0 aliphatic heterocycles. The van der Waals surface area contributed by atoms with Crippen LogP contribution in [0.25, 0.3) is 0 Å². The second-order valence-electron chi connectivity index (χ2n) is 4.33. The standard InChI is InChI=1S/C10H18N2O3/c1-7(2)6-12(8-3-4-8)10(15)11-5-9(13)14/h7-8H,3-6H2,1-2H3,(H,11,15)(H,13,14). The van der Waals surface area contributed by atoms with E-state index in [1.807, 2.05) is 13.8 Å². The lowest BCUT2D eigenvalue weighted by Gasteiger charge is -2.24. The molecular formula is C10H18N2O3. The average Bonchev–Trinajstić information content (AvgIpc) is 2.93. The summed E-state index contributed by atoms with van der Waals surface area (Å²) >= 11 is 0. The third-order valence-corrected chi connectivity index (χ3v) is 2.20. The molecule has 1 rings (SSSR count). The number of nitrogens with one attached hydrogen (secondary N) is 1. The van der Waals surface area contributed by atoms with Crippen LogP contribution in [0.4, 0.5) is 4.79 Å². The monoisotopic (exact) mass is 214 g/mol. The van der Waals surface area contributed by atoms with Crippen molar-refractivity contribution in [2.75, 3.05) is 13.1 Å². The maximum absolute atomic E-state index is 11.6. The summed E-state index contributed by atoms with van der Waals surface area (Å²) in [5.74, 6) is -0.607. The van der Waals surface area contributed by atoms with Gasteiger partial charge in [0.15, 0.2) is 0 Å². The summed E-state index contributed by atoms with van der Waals surface area (Å²) < 4.78 is 0. The number of aliphatic carboxylic acids is 1. The van der Waals surface area contributed by atoms with Crippen molar-refractivity contribution in [1.82, 2.24) is 10.2 Å². The Labute approximate surface area is 89.4 Å². The number of urea groups is 1. The number of hydrogen-bond acceptors (Lipinski definition) is 2. The lowest BCUT2D eigenvalue weighted by molar-refractivity contribution is -0.135. The van der Waals surface area contributed by atoms with Gasteiger partial charge in [0, 0.05) is 12.6 Å². The molecule has 0 aromatic carbocycles. The predicted molar refractivity (Wildman–Crippen MR) is 55.6 cm³/mol. The maximum Gasteiger partial charge on any atom is 0.323 e. The Hall–Kier alpha value is -1.26. The van der Waals surface area contributed by atoms with E-state index in [-0.39, 0.29) is 12.6 Å². The van der Waals surface area contributed by atoms with E-state index in [0.717, 1.165) is 12.8 Å². The largest absolute Gasteiger partial charge is 0.480 e. The van der Waals surface area contributed by atoms with Crippen molar-refractivity contribution in [3.05, 3.63) is 0 Å². The van der Waals surface area contributed by atoms with Crippen LogP contribution in [0.5, 0.6) is 0 Å². The molecule has 0 bridgehead atoms. The molecule has 0 atom stereocenters. The third-order valence-electron chi connectivity index (χ3n) is 2.20. The second-order valence-corrected chi connectivity index (χ2v) is 4.33. The van der Waals surface area contributed by atoms with Gasteiger partial charge in [-0.15, -0.1) is 0 Å². The fourth-order valence-electron chi connectivity index (χ4n) is 1.43. The molecule has 5 heteroatoms. The van der Waals surface area contributed by atoms with Crippen LogP contribution in [0.3, 0.4) is 0 Å².